The Bertz CT molecular complexity index is 787. The third kappa shape index (κ3) is 2.81. The summed E-state index contributed by atoms with van der Waals surface area (Å²) in [4.78, 5) is 19.6. The molecule has 0 aromatic heterocycles. The summed E-state index contributed by atoms with van der Waals surface area (Å²) in [7, 11) is 1.39. The monoisotopic (exact) mass is 356 g/mol. The molecule has 4 nitrogen and oxygen atoms in total. The van der Waals surface area contributed by atoms with Crippen molar-refractivity contribution in [2.75, 3.05) is 7.11 Å². The Balaban J connectivity index is 2.03. The van der Waals surface area contributed by atoms with Crippen molar-refractivity contribution < 1.29 is 9.53 Å². The van der Waals surface area contributed by atoms with Crippen molar-refractivity contribution in [2.24, 2.45) is 4.99 Å². The molecule has 1 unspecified atom stereocenters. The van der Waals surface area contributed by atoms with Crippen LogP contribution in [-0.4, -0.2) is 29.9 Å². The van der Waals surface area contributed by atoms with Crippen LogP contribution in [0.3, 0.4) is 0 Å². The van der Waals surface area contributed by atoms with Crippen LogP contribution in [0.2, 0.25) is 5.02 Å². The Kier molecular flexibility index (Phi) is 4.56. The molecule has 25 heavy (non-hydrogen) atoms. The zero-order valence-electron chi connectivity index (χ0n) is 14.6. The molecule has 2 aromatic rings. The maximum Gasteiger partial charge on any atom is 0.340 e. The minimum atomic E-state index is -1.14. The highest BCUT2D eigenvalue weighted by Crippen LogP contribution is 2.45. The van der Waals surface area contributed by atoms with E-state index in [1.807, 2.05) is 44.2 Å². The zero-order chi connectivity index (χ0) is 18.1. The van der Waals surface area contributed by atoms with Crippen molar-refractivity contribution >= 4 is 23.9 Å². The van der Waals surface area contributed by atoms with E-state index in [1.54, 1.807) is 18.5 Å². The first-order chi connectivity index (χ1) is 11.9. The van der Waals surface area contributed by atoms with Crippen molar-refractivity contribution in [1.82, 2.24) is 4.90 Å². The number of methoxy groups -OCH3 is 1. The number of carbonyl (C=O) groups excluding carboxylic acids is 1. The number of rotatable bonds is 4. The average molecular weight is 357 g/mol. The summed E-state index contributed by atoms with van der Waals surface area (Å²) in [5.74, 6) is -0.383. The number of hydrogen-bond acceptors (Lipinski definition) is 4. The van der Waals surface area contributed by atoms with Gasteiger partial charge in [-0.15, -0.1) is 0 Å². The molecular weight excluding hydrogens is 336 g/mol. The van der Waals surface area contributed by atoms with Gasteiger partial charge < -0.3 is 9.64 Å². The van der Waals surface area contributed by atoms with Crippen LogP contribution < -0.4 is 0 Å². The Labute approximate surface area is 153 Å². The van der Waals surface area contributed by atoms with Crippen LogP contribution >= 0.6 is 11.6 Å². The lowest BCUT2D eigenvalue weighted by Gasteiger charge is -2.42. The molecule has 0 bridgehead atoms. The van der Waals surface area contributed by atoms with Gasteiger partial charge in [0, 0.05) is 11.6 Å². The van der Waals surface area contributed by atoms with Crippen LogP contribution in [-0.2, 0) is 21.6 Å². The van der Waals surface area contributed by atoms with Crippen molar-refractivity contribution in [1.29, 1.82) is 0 Å². The fraction of sp³-hybridized carbons (Fsp3) is 0.300. The van der Waals surface area contributed by atoms with Gasteiger partial charge in [0.15, 0.2) is 0 Å². The predicted molar refractivity (Wildman–Crippen MR) is 99.7 cm³/mol. The first-order valence-electron chi connectivity index (χ1n) is 8.12. The van der Waals surface area contributed by atoms with Gasteiger partial charge in [0.2, 0.25) is 5.54 Å². The van der Waals surface area contributed by atoms with E-state index in [-0.39, 0.29) is 5.97 Å². The number of benzene rings is 2. The quantitative estimate of drug-likeness (QED) is 0.777. The van der Waals surface area contributed by atoms with Gasteiger partial charge in [-0.3, -0.25) is 0 Å². The summed E-state index contributed by atoms with van der Waals surface area (Å²) < 4.78 is 5.14. The highest BCUT2D eigenvalue weighted by Gasteiger charge is 2.59. The third-order valence-electron chi connectivity index (χ3n) is 4.93. The lowest BCUT2D eigenvalue weighted by Crippen LogP contribution is -2.56. The maximum absolute atomic E-state index is 12.8. The fourth-order valence-corrected chi connectivity index (χ4v) is 3.50. The van der Waals surface area contributed by atoms with Crippen LogP contribution in [0.4, 0.5) is 0 Å². The van der Waals surface area contributed by atoms with Gasteiger partial charge in [0.05, 0.1) is 19.0 Å². The van der Waals surface area contributed by atoms with E-state index in [0.717, 1.165) is 11.1 Å². The Morgan fingerprint density at radius 3 is 2.36 bits per heavy atom. The maximum atomic E-state index is 12.8. The molecule has 0 radical (unpaired) electrons. The van der Waals surface area contributed by atoms with Gasteiger partial charge >= 0.3 is 5.97 Å². The Morgan fingerprint density at radius 2 is 1.76 bits per heavy atom. The van der Waals surface area contributed by atoms with Crippen LogP contribution in [0.25, 0.3) is 0 Å². The fourth-order valence-electron chi connectivity index (χ4n) is 3.37. The molecule has 130 valence electrons. The second-order valence-electron chi connectivity index (χ2n) is 6.63. The standard InChI is InChI=1S/C20H21ClN2O2/c1-19(2)20(18(24)25-3,16-9-11-17(21)12-10-16)22-14-23(19)13-15-7-5-4-6-8-15/h4-12,14H,13H2,1-3H3. The normalized spacial score (nSPS) is 21.4. The molecule has 1 heterocycles. The van der Waals surface area contributed by atoms with Crippen LogP contribution in [0.15, 0.2) is 59.6 Å². The number of aliphatic imine (C=N–C) groups is 1. The van der Waals surface area contributed by atoms with Gasteiger partial charge in [-0.2, -0.15) is 0 Å². The largest absolute Gasteiger partial charge is 0.467 e. The molecule has 0 spiro atoms. The van der Waals surface area contributed by atoms with Gasteiger partial charge in [-0.1, -0.05) is 54.1 Å². The second-order valence-corrected chi connectivity index (χ2v) is 7.06. The van der Waals surface area contributed by atoms with Crippen molar-refractivity contribution in [2.45, 2.75) is 31.5 Å². The highest BCUT2D eigenvalue weighted by molar-refractivity contribution is 6.30. The topological polar surface area (TPSA) is 41.9 Å². The number of ether oxygens (including phenoxy) is 1. The van der Waals surface area contributed by atoms with E-state index in [2.05, 4.69) is 22.0 Å². The zero-order valence-corrected chi connectivity index (χ0v) is 15.3. The molecule has 5 heteroatoms. The predicted octanol–water partition coefficient (Wildman–Crippen LogP) is 4.03. The number of hydrogen-bond donors (Lipinski definition) is 0. The summed E-state index contributed by atoms with van der Waals surface area (Å²) in [6.07, 6.45) is 1.75. The molecule has 1 aliphatic rings. The van der Waals surface area contributed by atoms with Crippen molar-refractivity contribution in [3.63, 3.8) is 0 Å². The molecule has 0 fully saturated rings. The molecule has 2 aromatic carbocycles. The van der Waals surface area contributed by atoms with E-state index in [9.17, 15) is 4.79 Å². The Hall–Kier alpha value is -2.33. The molecule has 0 aliphatic carbocycles. The summed E-state index contributed by atoms with van der Waals surface area (Å²) in [5, 5.41) is 0.615. The molecular formula is C20H21ClN2O2. The molecule has 1 atom stereocenters. The lowest BCUT2D eigenvalue weighted by atomic mass is 9.74. The Morgan fingerprint density at radius 1 is 1.12 bits per heavy atom. The summed E-state index contributed by atoms with van der Waals surface area (Å²) >= 11 is 6.02. The van der Waals surface area contributed by atoms with Crippen LogP contribution in [0, 0.1) is 0 Å². The molecule has 0 saturated carbocycles. The SMILES string of the molecule is COC(=O)C1(c2ccc(Cl)cc2)N=CN(Cc2ccccc2)C1(C)C. The smallest absolute Gasteiger partial charge is 0.340 e. The molecule has 0 amide bonds. The summed E-state index contributed by atoms with van der Waals surface area (Å²) in [5.41, 5.74) is 0.171. The van der Waals surface area contributed by atoms with Gasteiger partial charge in [0.1, 0.15) is 0 Å². The van der Waals surface area contributed by atoms with Crippen LogP contribution in [0.5, 0.6) is 0 Å². The molecule has 3 rings (SSSR count). The molecule has 0 N–H and O–H groups in total. The summed E-state index contributed by atoms with van der Waals surface area (Å²) in [6.45, 7) is 4.67. The van der Waals surface area contributed by atoms with Crippen molar-refractivity contribution in [3.8, 4) is 0 Å². The highest BCUT2D eigenvalue weighted by atomic mass is 35.5. The number of nitrogens with zero attached hydrogens (tertiary/aromatic N) is 2. The molecule has 1 aliphatic heterocycles. The van der Waals surface area contributed by atoms with E-state index < -0.39 is 11.1 Å². The number of halogens is 1. The number of carbonyl (C=O) groups is 1. The van der Waals surface area contributed by atoms with Gasteiger partial charge in [0.25, 0.3) is 0 Å². The average Bonchev–Trinajstić information content (AvgIpc) is 2.88. The van der Waals surface area contributed by atoms with Crippen molar-refractivity contribution in [3.05, 3.63) is 70.7 Å². The first-order valence-corrected chi connectivity index (χ1v) is 8.50. The van der Waals surface area contributed by atoms with Gasteiger partial charge in [-0.25, -0.2) is 9.79 Å². The number of esters is 1. The van der Waals surface area contributed by atoms with Gasteiger partial charge in [-0.05, 0) is 37.1 Å². The third-order valence-corrected chi connectivity index (χ3v) is 5.18. The van der Waals surface area contributed by atoms with E-state index >= 15 is 0 Å². The first kappa shape index (κ1) is 17.5. The molecule has 0 saturated heterocycles. The lowest BCUT2D eigenvalue weighted by molar-refractivity contribution is -0.151. The van der Waals surface area contributed by atoms with E-state index in [0.29, 0.717) is 11.6 Å². The van der Waals surface area contributed by atoms with E-state index in [4.69, 9.17) is 16.3 Å². The minimum Gasteiger partial charge on any atom is -0.467 e. The second kappa shape index (κ2) is 6.52. The summed E-state index contributed by atoms with van der Waals surface area (Å²) in [6, 6.07) is 17.3. The van der Waals surface area contributed by atoms with E-state index in [1.165, 1.54) is 7.11 Å². The minimum absolute atomic E-state index is 0.383. The van der Waals surface area contributed by atoms with Crippen LogP contribution in [0.1, 0.15) is 25.0 Å².